The molecule has 2 aromatic rings. The third-order valence-electron chi connectivity index (χ3n) is 5.63. The number of hydrogen-bond acceptors (Lipinski definition) is 9. The topological polar surface area (TPSA) is 152 Å². The molecule has 1 fully saturated rings. The molecule has 1 unspecified atom stereocenters. The molecule has 6 N–H and O–H groups in total. The number of rotatable bonds is 2. The molecule has 3 heterocycles. The molecule has 1 aromatic carbocycles. The average molecular weight is 401 g/mol. The molecule has 0 bridgehead atoms. The Labute approximate surface area is 175 Å². The van der Waals surface area contributed by atoms with Crippen molar-refractivity contribution in [3.8, 4) is 12.3 Å². The van der Waals surface area contributed by atoms with Gasteiger partial charge in [-0.15, -0.1) is 0 Å². The van der Waals surface area contributed by atoms with Crippen molar-refractivity contribution in [1.29, 1.82) is 10.5 Å². The highest BCUT2D eigenvalue weighted by atomic mass is 15.2. The van der Waals surface area contributed by atoms with Gasteiger partial charge >= 0.3 is 0 Å². The molecule has 2 aliphatic heterocycles. The molecule has 0 radical (unpaired) electrons. The molecule has 1 atom stereocenters. The number of hydrogen-bond donors (Lipinski definition) is 4. The molecular weight excluding hydrogens is 378 g/mol. The van der Waals surface area contributed by atoms with E-state index in [2.05, 4.69) is 37.6 Å². The van der Waals surface area contributed by atoms with Gasteiger partial charge in [0.15, 0.2) is 6.19 Å². The van der Waals surface area contributed by atoms with E-state index in [9.17, 15) is 5.26 Å². The predicted molar refractivity (Wildman–Crippen MR) is 117 cm³/mol. The number of anilines is 4. The van der Waals surface area contributed by atoms with Crippen LogP contribution in [0.5, 0.6) is 0 Å². The summed E-state index contributed by atoms with van der Waals surface area (Å²) < 4.78 is 0. The molecule has 0 aliphatic carbocycles. The van der Waals surface area contributed by atoms with E-state index in [0.717, 1.165) is 24.2 Å². The van der Waals surface area contributed by atoms with Crippen LogP contribution >= 0.6 is 0 Å². The fraction of sp³-hybridized carbons (Fsp3) is 0.333. The Hall–Kier alpha value is -3.98. The van der Waals surface area contributed by atoms with E-state index in [0.29, 0.717) is 11.4 Å². The number of benzene rings is 1. The maximum atomic E-state index is 9.46. The Balaban J connectivity index is 1.82. The van der Waals surface area contributed by atoms with Crippen molar-refractivity contribution in [3.05, 3.63) is 40.5 Å². The van der Waals surface area contributed by atoms with E-state index in [4.69, 9.17) is 16.7 Å². The van der Waals surface area contributed by atoms with Crippen LogP contribution in [0.4, 0.5) is 23.0 Å². The fourth-order valence-electron chi connectivity index (χ4n) is 4.12. The van der Waals surface area contributed by atoms with Crippen molar-refractivity contribution < 1.29 is 0 Å². The van der Waals surface area contributed by atoms with Crippen molar-refractivity contribution >= 4 is 29.0 Å². The summed E-state index contributed by atoms with van der Waals surface area (Å²) in [7, 11) is 0. The lowest BCUT2D eigenvalue weighted by Gasteiger charge is -2.30. The summed E-state index contributed by atoms with van der Waals surface area (Å²) in [6.45, 7) is 4.15. The highest BCUT2D eigenvalue weighted by Gasteiger charge is 2.30. The Morgan fingerprint density at radius 3 is 2.63 bits per heavy atom. The molecule has 30 heavy (non-hydrogen) atoms. The molecule has 152 valence electrons. The summed E-state index contributed by atoms with van der Waals surface area (Å²) in [6.07, 6.45) is 5.55. The monoisotopic (exact) mass is 401 g/mol. The number of nitrogen functional groups attached to an aromatic ring is 2. The van der Waals surface area contributed by atoms with E-state index >= 15 is 0 Å². The van der Waals surface area contributed by atoms with Gasteiger partial charge in [-0.05, 0) is 49.4 Å². The van der Waals surface area contributed by atoms with Gasteiger partial charge in [0.05, 0.1) is 5.69 Å². The minimum atomic E-state index is -0.521. The van der Waals surface area contributed by atoms with Gasteiger partial charge in [0, 0.05) is 24.3 Å². The van der Waals surface area contributed by atoms with Crippen LogP contribution in [0.15, 0.2) is 23.2 Å². The number of nitriles is 2. The van der Waals surface area contributed by atoms with Gasteiger partial charge in [-0.3, -0.25) is 5.32 Å². The molecule has 0 spiro atoms. The van der Waals surface area contributed by atoms with E-state index in [1.165, 1.54) is 24.9 Å². The van der Waals surface area contributed by atoms with Crippen LogP contribution in [0.25, 0.3) is 0 Å². The molecule has 0 saturated carbocycles. The van der Waals surface area contributed by atoms with Gasteiger partial charge in [0.2, 0.25) is 5.96 Å². The summed E-state index contributed by atoms with van der Waals surface area (Å²) in [5.74, 6) is 0.683. The SMILES string of the molecule is Cc1cc(N2CCCCC2)ccc1C1N=C(NC#N)Nc2nc(N)c(C#N)c(N)c21. The van der Waals surface area contributed by atoms with E-state index in [1.54, 1.807) is 0 Å². The fourth-order valence-corrected chi connectivity index (χ4v) is 4.12. The second kappa shape index (κ2) is 7.80. The van der Waals surface area contributed by atoms with Crippen LogP contribution in [0.3, 0.4) is 0 Å². The first-order valence-electron chi connectivity index (χ1n) is 9.88. The predicted octanol–water partition coefficient (Wildman–Crippen LogP) is 2.36. The molecule has 9 heteroatoms. The van der Waals surface area contributed by atoms with E-state index in [1.807, 2.05) is 25.3 Å². The van der Waals surface area contributed by atoms with Crippen LogP contribution in [-0.2, 0) is 0 Å². The molecule has 9 nitrogen and oxygen atoms in total. The second-order valence-corrected chi connectivity index (χ2v) is 7.49. The lowest BCUT2D eigenvalue weighted by Crippen LogP contribution is -2.33. The maximum absolute atomic E-state index is 9.46. The lowest BCUT2D eigenvalue weighted by molar-refractivity contribution is 0.577. The number of aromatic nitrogens is 1. The number of piperidine rings is 1. The molecule has 4 rings (SSSR count). The zero-order valence-corrected chi connectivity index (χ0v) is 16.7. The number of fused-ring (bicyclic) bond motifs is 1. The number of nitrogens with zero attached hydrogens (tertiary/aromatic N) is 5. The molecule has 1 aromatic heterocycles. The average Bonchev–Trinajstić information content (AvgIpc) is 2.74. The van der Waals surface area contributed by atoms with Crippen LogP contribution in [0.2, 0.25) is 0 Å². The van der Waals surface area contributed by atoms with Crippen LogP contribution in [0.1, 0.15) is 47.6 Å². The van der Waals surface area contributed by atoms with Crippen molar-refractivity contribution in [2.24, 2.45) is 4.99 Å². The number of nitrogens with one attached hydrogen (secondary N) is 2. The van der Waals surface area contributed by atoms with Crippen LogP contribution in [0, 0.1) is 29.7 Å². The van der Waals surface area contributed by atoms with Gasteiger partial charge < -0.3 is 21.7 Å². The Morgan fingerprint density at radius 1 is 1.20 bits per heavy atom. The number of nitrogens with two attached hydrogens (primary N) is 2. The summed E-state index contributed by atoms with van der Waals surface area (Å²) >= 11 is 0. The number of aliphatic imine (C=N–C) groups is 1. The first-order chi connectivity index (χ1) is 14.5. The highest BCUT2D eigenvalue weighted by Crippen LogP contribution is 2.42. The van der Waals surface area contributed by atoms with Gasteiger partial charge in [-0.25, -0.2) is 9.98 Å². The van der Waals surface area contributed by atoms with Crippen LogP contribution in [-0.4, -0.2) is 24.0 Å². The molecule has 2 aliphatic rings. The Kier molecular flexibility index (Phi) is 5.03. The maximum Gasteiger partial charge on any atom is 0.211 e. The molecular formula is C21H23N9. The molecule has 1 saturated heterocycles. The summed E-state index contributed by atoms with van der Waals surface area (Å²) in [5.41, 5.74) is 16.3. The van der Waals surface area contributed by atoms with Crippen molar-refractivity contribution in [3.63, 3.8) is 0 Å². The Morgan fingerprint density at radius 2 is 1.97 bits per heavy atom. The minimum absolute atomic E-state index is 0.0374. The smallest absolute Gasteiger partial charge is 0.211 e. The Bertz CT molecular complexity index is 1100. The summed E-state index contributed by atoms with van der Waals surface area (Å²) in [4.78, 5) is 11.3. The first-order valence-corrected chi connectivity index (χ1v) is 9.88. The van der Waals surface area contributed by atoms with Gasteiger partial charge in [-0.1, -0.05) is 6.07 Å². The van der Waals surface area contributed by atoms with Gasteiger partial charge in [-0.2, -0.15) is 10.5 Å². The van der Waals surface area contributed by atoms with Gasteiger partial charge in [0.25, 0.3) is 0 Å². The zero-order valence-electron chi connectivity index (χ0n) is 16.7. The number of pyridine rings is 1. The number of aryl methyl sites for hydroxylation is 1. The van der Waals surface area contributed by atoms with Crippen LogP contribution < -0.4 is 27.0 Å². The van der Waals surface area contributed by atoms with Crippen molar-refractivity contribution in [2.45, 2.75) is 32.2 Å². The third kappa shape index (κ3) is 3.31. The lowest BCUT2D eigenvalue weighted by atomic mass is 9.92. The van der Waals surface area contributed by atoms with Gasteiger partial charge in [0.1, 0.15) is 29.3 Å². The van der Waals surface area contributed by atoms with E-state index in [-0.39, 0.29) is 23.0 Å². The summed E-state index contributed by atoms with van der Waals surface area (Å²) in [6, 6.07) is 7.79. The second-order valence-electron chi connectivity index (χ2n) is 7.49. The minimum Gasteiger partial charge on any atom is -0.397 e. The largest absolute Gasteiger partial charge is 0.397 e. The first kappa shape index (κ1) is 19.3. The van der Waals surface area contributed by atoms with E-state index < -0.39 is 6.04 Å². The van der Waals surface area contributed by atoms with Crippen molar-refractivity contribution in [1.82, 2.24) is 10.3 Å². The highest BCUT2D eigenvalue weighted by molar-refractivity contribution is 5.98. The summed E-state index contributed by atoms with van der Waals surface area (Å²) in [5, 5.41) is 24.0. The van der Waals surface area contributed by atoms with Crippen molar-refractivity contribution in [2.75, 3.05) is 34.8 Å². The normalized spacial score (nSPS) is 17.8. The molecule has 0 amide bonds. The number of guanidine groups is 1. The zero-order chi connectivity index (χ0) is 21.3. The quantitative estimate of drug-likeness (QED) is 0.442. The third-order valence-corrected chi connectivity index (χ3v) is 5.63. The standard InChI is InChI=1S/C21H23N9/c1-12-9-13(30-7-3-2-4-8-30)5-6-14(12)18-16-17(24)15(10-22)19(25)28-20(16)29-21(27-18)26-11-23/h5-6,9,18H,2-4,7-8H2,1H3,(H6,24,25,26,27,28,29).